The Morgan fingerprint density at radius 2 is 1.89 bits per heavy atom. The molecule has 1 saturated carbocycles. The zero-order chi connectivity index (χ0) is 13.1. The smallest absolute Gasteiger partial charge is 0.328 e. The van der Waals surface area contributed by atoms with Gasteiger partial charge in [0.15, 0.2) is 0 Å². The third kappa shape index (κ3) is 3.09. The molecule has 1 unspecified atom stereocenters. The Bertz CT molecular complexity index is 401. The Kier molecular flexibility index (Phi) is 3.64. The number of carbonyl (C=O) groups is 3. The number of hydrogen-bond acceptors (Lipinski definition) is 3. The normalized spacial score (nSPS) is 23.3. The van der Waals surface area contributed by atoms with E-state index in [0.29, 0.717) is 13.0 Å². The topological polar surface area (TPSA) is 86.7 Å². The van der Waals surface area contributed by atoms with Crippen LogP contribution in [0, 0.1) is 0 Å². The van der Waals surface area contributed by atoms with Crippen molar-refractivity contribution in [1.82, 2.24) is 10.2 Å². The maximum absolute atomic E-state index is 11.9. The molecule has 6 heteroatoms. The summed E-state index contributed by atoms with van der Waals surface area (Å²) in [5.41, 5.74) is 0. The predicted octanol–water partition coefficient (Wildman–Crippen LogP) is -0.103. The second kappa shape index (κ2) is 5.20. The number of nitrogens with one attached hydrogen (secondary N) is 1. The van der Waals surface area contributed by atoms with E-state index >= 15 is 0 Å². The molecule has 2 N–H and O–H groups in total. The Balaban J connectivity index is 1.95. The first-order valence-electron chi connectivity index (χ1n) is 6.10. The number of carboxylic acids is 1. The van der Waals surface area contributed by atoms with Crippen molar-refractivity contribution in [3.05, 3.63) is 12.2 Å². The van der Waals surface area contributed by atoms with E-state index in [-0.39, 0.29) is 11.9 Å². The molecule has 0 aromatic rings. The van der Waals surface area contributed by atoms with E-state index in [4.69, 9.17) is 5.11 Å². The van der Waals surface area contributed by atoms with Gasteiger partial charge >= 0.3 is 5.97 Å². The molecule has 0 bridgehead atoms. The number of carbonyl (C=O) groups excluding carboxylic acids is 2. The minimum absolute atomic E-state index is 0.118. The van der Waals surface area contributed by atoms with Crippen molar-refractivity contribution in [2.75, 3.05) is 6.54 Å². The molecule has 1 atom stereocenters. The fraction of sp³-hybridized carbons (Fsp3) is 0.583. The van der Waals surface area contributed by atoms with Crippen LogP contribution in [0.25, 0.3) is 0 Å². The van der Waals surface area contributed by atoms with Gasteiger partial charge in [-0.3, -0.25) is 9.59 Å². The summed E-state index contributed by atoms with van der Waals surface area (Å²) < 4.78 is 0. The van der Waals surface area contributed by atoms with Crippen LogP contribution in [0.15, 0.2) is 12.2 Å². The average molecular weight is 252 g/mol. The van der Waals surface area contributed by atoms with Crippen molar-refractivity contribution >= 4 is 17.8 Å². The molecule has 1 heterocycles. The van der Waals surface area contributed by atoms with Crippen molar-refractivity contribution < 1.29 is 19.5 Å². The Labute approximate surface area is 105 Å². The fourth-order valence-electron chi connectivity index (χ4n) is 2.07. The van der Waals surface area contributed by atoms with E-state index in [1.54, 1.807) is 0 Å². The van der Waals surface area contributed by atoms with Gasteiger partial charge in [0.2, 0.25) is 11.8 Å². The molecule has 1 aliphatic carbocycles. The molecule has 2 fully saturated rings. The second-order valence-electron chi connectivity index (χ2n) is 4.64. The number of likely N-dealkylation sites (tertiary alicyclic amines) is 1. The molecule has 1 aliphatic heterocycles. The molecule has 0 aromatic carbocycles. The molecule has 0 radical (unpaired) electrons. The van der Waals surface area contributed by atoms with Gasteiger partial charge in [-0.25, -0.2) is 4.79 Å². The van der Waals surface area contributed by atoms with Gasteiger partial charge in [-0.15, -0.1) is 0 Å². The maximum atomic E-state index is 11.9. The number of carboxylic acid groups (broad SMARTS) is 1. The van der Waals surface area contributed by atoms with Gasteiger partial charge in [0, 0.05) is 24.7 Å². The van der Waals surface area contributed by atoms with E-state index in [1.165, 1.54) is 4.90 Å². The van der Waals surface area contributed by atoms with E-state index < -0.39 is 17.9 Å². The monoisotopic (exact) mass is 252 g/mol. The molecule has 0 spiro atoms. The number of nitrogens with zero attached hydrogens (tertiary/aromatic N) is 1. The van der Waals surface area contributed by atoms with Gasteiger partial charge in [0.05, 0.1) is 0 Å². The summed E-state index contributed by atoms with van der Waals surface area (Å²) >= 11 is 0. The lowest BCUT2D eigenvalue weighted by molar-refractivity contribution is -0.135. The third-order valence-electron chi connectivity index (χ3n) is 3.13. The highest BCUT2D eigenvalue weighted by Crippen LogP contribution is 2.22. The molecule has 98 valence electrons. The van der Waals surface area contributed by atoms with Gasteiger partial charge in [0.25, 0.3) is 0 Å². The number of aliphatic carboxylic acids is 1. The van der Waals surface area contributed by atoms with Crippen LogP contribution in [0.3, 0.4) is 0 Å². The van der Waals surface area contributed by atoms with Crippen molar-refractivity contribution in [3.63, 3.8) is 0 Å². The van der Waals surface area contributed by atoms with Crippen LogP contribution < -0.4 is 5.32 Å². The first kappa shape index (κ1) is 12.6. The minimum atomic E-state index is -1.17. The molecule has 2 rings (SSSR count). The summed E-state index contributed by atoms with van der Waals surface area (Å²) in [6.07, 6.45) is 5.23. The molecule has 2 aliphatic rings. The molecule has 0 aromatic heterocycles. The lowest BCUT2D eigenvalue weighted by Crippen LogP contribution is -2.46. The summed E-state index contributed by atoms with van der Waals surface area (Å²) in [5.74, 6) is -1.69. The van der Waals surface area contributed by atoms with Crippen LogP contribution in [0.2, 0.25) is 0 Å². The van der Waals surface area contributed by atoms with Gasteiger partial charge in [-0.2, -0.15) is 0 Å². The Hall–Kier alpha value is -1.85. The van der Waals surface area contributed by atoms with Crippen LogP contribution in [0.1, 0.15) is 25.7 Å². The zero-order valence-electron chi connectivity index (χ0n) is 9.96. The lowest BCUT2D eigenvalue weighted by Gasteiger charge is -2.22. The Morgan fingerprint density at radius 1 is 1.17 bits per heavy atom. The van der Waals surface area contributed by atoms with Crippen LogP contribution in [0.4, 0.5) is 0 Å². The highest BCUT2D eigenvalue weighted by Gasteiger charge is 2.35. The quantitative estimate of drug-likeness (QED) is 0.684. The molecule has 1 saturated heterocycles. The number of rotatable bonds is 4. The van der Waals surface area contributed by atoms with Crippen LogP contribution >= 0.6 is 0 Å². The van der Waals surface area contributed by atoms with E-state index in [0.717, 1.165) is 31.4 Å². The van der Waals surface area contributed by atoms with Crippen molar-refractivity contribution in [2.45, 2.75) is 37.8 Å². The molecular weight excluding hydrogens is 236 g/mol. The summed E-state index contributed by atoms with van der Waals surface area (Å²) in [4.78, 5) is 35.5. The SMILES string of the molecule is O=C(O)/C=C/C(=O)N1CCCC1C(=O)NC1CC1. The number of amides is 2. The molecular formula is C12H16N2O4. The number of hydrogen-bond donors (Lipinski definition) is 2. The average Bonchev–Trinajstić information content (AvgIpc) is 2.98. The van der Waals surface area contributed by atoms with Crippen molar-refractivity contribution in [1.29, 1.82) is 0 Å². The van der Waals surface area contributed by atoms with Crippen LogP contribution in [-0.4, -0.2) is 46.4 Å². The summed E-state index contributed by atoms with van der Waals surface area (Å²) in [7, 11) is 0. The maximum Gasteiger partial charge on any atom is 0.328 e. The fourth-order valence-corrected chi connectivity index (χ4v) is 2.07. The highest BCUT2D eigenvalue weighted by molar-refractivity contribution is 5.97. The molecule has 2 amide bonds. The lowest BCUT2D eigenvalue weighted by atomic mass is 10.2. The zero-order valence-corrected chi connectivity index (χ0v) is 9.96. The summed E-state index contributed by atoms with van der Waals surface area (Å²) in [5, 5.41) is 11.3. The van der Waals surface area contributed by atoms with E-state index in [9.17, 15) is 14.4 Å². The first-order valence-corrected chi connectivity index (χ1v) is 6.10. The highest BCUT2D eigenvalue weighted by atomic mass is 16.4. The van der Waals surface area contributed by atoms with Gasteiger partial charge in [0.1, 0.15) is 6.04 Å². The Morgan fingerprint density at radius 3 is 2.50 bits per heavy atom. The van der Waals surface area contributed by atoms with Gasteiger partial charge in [-0.1, -0.05) is 0 Å². The minimum Gasteiger partial charge on any atom is -0.478 e. The third-order valence-corrected chi connectivity index (χ3v) is 3.13. The van der Waals surface area contributed by atoms with Crippen molar-refractivity contribution in [2.24, 2.45) is 0 Å². The second-order valence-corrected chi connectivity index (χ2v) is 4.64. The first-order chi connectivity index (χ1) is 8.58. The standard InChI is InChI=1S/C12H16N2O4/c15-10(5-6-11(16)17)14-7-1-2-9(14)12(18)13-8-3-4-8/h5-6,8-9H,1-4,7H2,(H,13,18)(H,16,17)/b6-5+. The van der Waals surface area contributed by atoms with Gasteiger partial charge < -0.3 is 15.3 Å². The van der Waals surface area contributed by atoms with E-state index in [1.807, 2.05) is 0 Å². The van der Waals surface area contributed by atoms with Gasteiger partial charge in [-0.05, 0) is 25.7 Å². The predicted molar refractivity (Wildman–Crippen MR) is 62.7 cm³/mol. The molecule has 18 heavy (non-hydrogen) atoms. The van der Waals surface area contributed by atoms with Crippen molar-refractivity contribution in [3.8, 4) is 0 Å². The molecule has 6 nitrogen and oxygen atoms in total. The van der Waals surface area contributed by atoms with Crippen LogP contribution in [-0.2, 0) is 14.4 Å². The van der Waals surface area contributed by atoms with E-state index in [2.05, 4.69) is 5.32 Å². The summed E-state index contributed by atoms with van der Waals surface area (Å²) in [6, 6.07) is -0.179. The summed E-state index contributed by atoms with van der Waals surface area (Å²) in [6.45, 7) is 0.506. The van der Waals surface area contributed by atoms with Crippen LogP contribution in [0.5, 0.6) is 0 Å². The largest absolute Gasteiger partial charge is 0.478 e.